The molecule has 1 aromatic rings. The molecular weight excluding hydrogens is 274 g/mol. The predicted molar refractivity (Wildman–Crippen MR) is 60.8 cm³/mol. The van der Waals surface area contributed by atoms with Crippen LogP contribution in [0.4, 0.5) is 0 Å². The summed E-state index contributed by atoms with van der Waals surface area (Å²) in [5.74, 6) is 0.0565. The molecule has 1 aliphatic rings. The maximum Gasteiger partial charge on any atom is 0.358 e. The van der Waals surface area contributed by atoms with Gasteiger partial charge in [0.25, 0.3) is 0 Å². The first-order valence-electron chi connectivity index (χ1n) is 5.06. The average Bonchev–Trinajstić information content (AvgIpc) is 2.98. The van der Waals surface area contributed by atoms with Crippen molar-refractivity contribution in [3.63, 3.8) is 0 Å². The summed E-state index contributed by atoms with van der Waals surface area (Å²) in [6.07, 6.45) is 3.26. The van der Waals surface area contributed by atoms with E-state index < -0.39 is 11.5 Å². The summed E-state index contributed by atoms with van der Waals surface area (Å²) in [7, 11) is 0. The minimum absolute atomic E-state index is 0.239. The molecule has 0 amide bonds. The fraction of sp³-hybridized carbons (Fsp3) is 0.500. The lowest BCUT2D eigenvalue weighted by Gasteiger charge is -2.09. The Morgan fingerprint density at radius 2 is 2.38 bits per heavy atom. The molecular formula is C10H12BrN3O2. The molecule has 16 heavy (non-hydrogen) atoms. The topological polar surface area (TPSA) is 78.1 Å². The number of nitrogens with zero attached hydrogens (tertiary/aromatic N) is 2. The van der Waals surface area contributed by atoms with E-state index in [4.69, 9.17) is 10.5 Å². The minimum Gasteiger partial charge on any atom is -0.461 e. The summed E-state index contributed by atoms with van der Waals surface area (Å²) in [6.45, 7) is 2.07. The number of rotatable bonds is 3. The quantitative estimate of drug-likeness (QED) is 0.849. The first kappa shape index (κ1) is 11.5. The third kappa shape index (κ3) is 2.08. The molecule has 0 atom stereocenters. The van der Waals surface area contributed by atoms with Gasteiger partial charge in [-0.15, -0.1) is 0 Å². The lowest BCUT2D eigenvalue weighted by Crippen LogP contribution is -2.24. The van der Waals surface area contributed by atoms with Gasteiger partial charge in [0.05, 0.1) is 16.6 Å². The Hall–Kier alpha value is -1.01. The van der Waals surface area contributed by atoms with E-state index in [0.29, 0.717) is 16.9 Å². The number of halogens is 1. The van der Waals surface area contributed by atoms with Gasteiger partial charge >= 0.3 is 5.97 Å². The fourth-order valence-corrected chi connectivity index (χ4v) is 1.66. The van der Waals surface area contributed by atoms with Crippen molar-refractivity contribution in [1.82, 2.24) is 9.97 Å². The predicted octanol–water partition coefficient (Wildman–Crippen LogP) is 1.36. The van der Waals surface area contributed by atoms with Crippen molar-refractivity contribution in [1.29, 1.82) is 0 Å². The molecule has 1 aliphatic carbocycles. The van der Waals surface area contributed by atoms with Gasteiger partial charge in [0.2, 0.25) is 0 Å². The van der Waals surface area contributed by atoms with E-state index in [0.717, 1.165) is 12.8 Å². The van der Waals surface area contributed by atoms with Crippen molar-refractivity contribution in [3.05, 3.63) is 22.2 Å². The van der Waals surface area contributed by atoms with Crippen LogP contribution in [0.1, 0.15) is 36.1 Å². The van der Waals surface area contributed by atoms with Crippen LogP contribution in [0.3, 0.4) is 0 Å². The van der Waals surface area contributed by atoms with E-state index >= 15 is 0 Å². The number of aromatic nitrogens is 2. The number of hydrogen-bond acceptors (Lipinski definition) is 5. The Bertz CT molecular complexity index is 432. The zero-order chi connectivity index (χ0) is 11.8. The Balaban J connectivity index is 2.33. The van der Waals surface area contributed by atoms with Crippen molar-refractivity contribution in [2.45, 2.75) is 25.3 Å². The monoisotopic (exact) mass is 285 g/mol. The van der Waals surface area contributed by atoms with E-state index in [2.05, 4.69) is 25.9 Å². The summed E-state index contributed by atoms with van der Waals surface area (Å²) in [4.78, 5) is 19.9. The molecule has 1 aromatic heterocycles. The van der Waals surface area contributed by atoms with Crippen molar-refractivity contribution in [3.8, 4) is 0 Å². The van der Waals surface area contributed by atoms with Crippen LogP contribution in [-0.4, -0.2) is 22.5 Å². The molecule has 2 rings (SSSR count). The largest absolute Gasteiger partial charge is 0.461 e. The second-order valence-electron chi connectivity index (χ2n) is 3.77. The number of carbonyl (C=O) groups is 1. The molecule has 86 valence electrons. The van der Waals surface area contributed by atoms with Crippen LogP contribution in [-0.2, 0) is 10.3 Å². The van der Waals surface area contributed by atoms with Crippen LogP contribution in [0.25, 0.3) is 0 Å². The molecule has 0 saturated heterocycles. The van der Waals surface area contributed by atoms with E-state index in [1.54, 1.807) is 13.1 Å². The molecule has 6 heteroatoms. The Morgan fingerprint density at radius 3 is 2.94 bits per heavy atom. The van der Waals surface area contributed by atoms with E-state index in [1.165, 1.54) is 0 Å². The Kier molecular flexibility index (Phi) is 2.94. The zero-order valence-electron chi connectivity index (χ0n) is 8.86. The lowest BCUT2D eigenvalue weighted by atomic mass is 10.2. The summed E-state index contributed by atoms with van der Waals surface area (Å²) >= 11 is 3.22. The fourth-order valence-electron chi connectivity index (χ4n) is 1.31. The molecule has 0 unspecified atom stereocenters. The minimum atomic E-state index is -0.456. The van der Waals surface area contributed by atoms with Crippen molar-refractivity contribution in [2.75, 3.05) is 6.61 Å². The van der Waals surface area contributed by atoms with Crippen LogP contribution in [0, 0.1) is 0 Å². The van der Waals surface area contributed by atoms with Gasteiger partial charge in [0.15, 0.2) is 5.69 Å². The molecule has 0 aromatic carbocycles. The summed E-state index contributed by atoms with van der Waals surface area (Å²) in [5.41, 5.74) is 5.77. The molecule has 0 radical (unpaired) electrons. The third-order valence-corrected chi connectivity index (χ3v) is 3.03. The number of nitrogens with two attached hydrogens (primary N) is 1. The molecule has 1 heterocycles. The van der Waals surface area contributed by atoms with Gasteiger partial charge in [-0.05, 0) is 35.7 Å². The lowest BCUT2D eigenvalue weighted by molar-refractivity contribution is 0.0517. The number of carbonyl (C=O) groups excluding carboxylic acids is 1. The van der Waals surface area contributed by atoms with Gasteiger partial charge in [-0.3, -0.25) is 0 Å². The maximum atomic E-state index is 11.6. The normalized spacial score (nSPS) is 16.9. The van der Waals surface area contributed by atoms with Crippen molar-refractivity contribution in [2.24, 2.45) is 5.73 Å². The molecule has 1 fully saturated rings. The van der Waals surface area contributed by atoms with Gasteiger partial charge in [0.1, 0.15) is 5.82 Å². The van der Waals surface area contributed by atoms with Gasteiger partial charge in [-0.25, -0.2) is 14.8 Å². The Labute approximate surface area is 102 Å². The summed E-state index contributed by atoms with van der Waals surface area (Å²) in [5, 5.41) is 0. The molecule has 5 nitrogen and oxygen atoms in total. The third-order valence-electron chi connectivity index (χ3n) is 2.45. The molecule has 2 N–H and O–H groups in total. The van der Waals surface area contributed by atoms with Gasteiger partial charge in [-0.2, -0.15) is 0 Å². The van der Waals surface area contributed by atoms with Crippen LogP contribution in [0.2, 0.25) is 0 Å². The highest BCUT2D eigenvalue weighted by Crippen LogP contribution is 2.40. The SMILES string of the molecule is CCOC(=O)c1nc(C2(N)CC2)ncc1Br. The average molecular weight is 286 g/mol. The van der Waals surface area contributed by atoms with Crippen LogP contribution < -0.4 is 5.73 Å². The zero-order valence-corrected chi connectivity index (χ0v) is 10.5. The standard InChI is InChI=1S/C10H12BrN3O2/c1-2-16-8(15)7-6(11)5-13-9(14-7)10(12)3-4-10/h5H,2-4,12H2,1H3. The number of hydrogen-bond donors (Lipinski definition) is 1. The second-order valence-corrected chi connectivity index (χ2v) is 4.62. The van der Waals surface area contributed by atoms with Gasteiger partial charge in [0, 0.05) is 6.20 Å². The number of ether oxygens (including phenoxy) is 1. The highest BCUT2D eigenvalue weighted by atomic mass is 79.9. The highest BCUT2D eigenvalue weighted by Gasteiger charge is 2.43. The van der Waals surface area contributed by atoms with Crippen molar-refractivity contribution >= 4 is 21.9 Å². The smallest absolute Gasteiger partial charge is 0.358 e. The van der Waals surface area contributed by atoms with Gasteiger partial charge in [-0.1, -0.05) is 0 Å². The Morgan fingerprint density at radius 1 is 1.69 bits per heavy atom. The van der Waals surface area contributed by atoms with Crippen molar-refractivity contribution < 1.29 is 9.53 Å². The maximum absolute atomic E-state index is 11.6. The highest BCUT2D eigenvalue weighted by molar-refractivity contribution is 9.10. The molecule has 0 bridgehead atoms. The van der Waals surface area contributed by atoms with Gasteiger partial charge < -0.3 is 10.5 Å². The van der Waals surface area contributed by atoms with Crippen LogP contribution in [0.5, 0.6) is 0 Å². The number of esters is 1. The first-order chi connectivity index (χ1) is 7.57. The second kappa shape index (κ2) is 4.10. The van der Waals surface area contributed by atoms with E-state index in [1.807, 2.05) is 0 Å². The van der Waals surface area contributed by atoms with Crippen LogP contribution >= 0.6 is 15.9 Å². The van der Waals surface area contributed by atoms with E-state index in [-0.39, 0.29) is 5.69 Å². The first-order valence-corrected chi connectivity index (χ1v) is 5.85. The molecule has 0 spiro atoms. The van der Waals surface area contributed by atoms with E-state index in [9.17, 15) is 4.79 Å². The molecule has 1 saturated carbocycles. The summed E-state index contributed by atoms with van der Waals surface area (Å²) < 4.78 is 5.42. The molecule has 0 aliphatic heterocycles. The summed E-state index contributed by atoms with van der Waals surface area (Å²) in [6, 6.07) is 0. The van der Waals surface area contributed by atoms with Crippen LogP contribution in [0.15, 0.2) is 10.7 Å².